The van der Waals surface area contributed by atoms with Crippen molar-refractivity contribution in [1.29, 1.82) is 0 Å². The number of nitrogens with one attached hydrogen (secondary N) is 2. The van der Waals surface area contributed by atoms with Gasteiger partial charge in [-0.15, -0.1) is 0 Å². The summed E-state index contributed by atoms with van der Waals surface area (Å²) in [4.78, 5) is 11.7. The Kier molecular flexibility index (Phi) is 3.32. The maximum atomic E-state index is 11.7. The van der Waals surface area contributed by atoms with E-state index in [9.17, 15) is 9.90 Å². The molecule has 2 saturated heterocycles. The van der Waals surface area contributed by atoms with E-state index in [0.29, 0.717) is 0 Å². The molecular formula is C12H22N2O3. The zero-order valence-corrected chi connectivity index (χ0v) is 10.7. The van der Waals surface area contributed by atoms with Crippen LogP contribution in [0.3, 0.4) is 0 Å². The minimum absolute atomic E-state index is 0.169. The second-order valence-corrected chi connectivity index (χ2v) is 6.01. The molecule has 3 aliphatic rings. The second kappa shape index (κ2) is 4.46. The van der Waals surface area contributed by atoms with E-state index in [1.807, 2.05) is 20.8 Å². The van der Waals surface area contributed by atoms with Crippen LogP contribution in [0.2, 0.25) is 0 Å². The molecule has 0 aromatic rings. The molecule has 1 amide bonds. The number of hydrogen-bond acceptors (Lipinski definition) is 4. The van der Waals surface area contributed by atoms with Gasteiger partial charge in [-0.05, 0) is 39.5 Å². The first-order chi connectivity index (χ1) is 7.87. The van der Waals surface area contributed by atoms with Gasteiger partial charge in [0.2, 0.25) is 0 Å². The van der Waals surface area contributed by atoms with Gasteiger partial charge in [-0.3, -0.25) is 0 Å². The summed E-state index contributed by atoms with van der Waals surface area (Å²) in [5, 5.41) is 16.2. The van der Waals surface area contributed by atoms with Gasteiger partial charge in [0.1, 0.15) is 5.60 Å². The molecule has 0 aromatic heterocycles. The molecule has 0 unspecified atom stereocenters. The van der Waals surface area contributed by atoms with Gasteiger partial charge in [-0.1, -0.05) is 0 Å². The number of aliphatic hydroxyl groups is 1. The number of piperidine rings is 2. The summed E-state index contributed by atoms with van der Waals surface area (Å²) >= 11 is 0. The van der Waals surface area contributed by atoms with Gasteiger partial charge in [-0.2, -0.15) is 0 Å². The third kappa shape index (κ3) is 2.90. The third-order valence-electron chi connectivity index (χ3n) is 3.46. The number of amides is 1. The Hall–Kier alpha value is -0.810. The van der Waals surface area contributed by atoms with Crippen molar-refractivity contribution in [2.45, 2.75) is 57.4 Å². The van der Waals surface area contributed by atoms with E-state index in [2.05, 4.69) is 10.6 Å². The first kappa shape index (κ1) is 12.6. The van der Waals surface area contributed by atoms with E-state index in [1.54, 1.807) is 0 Å². The molecule has 0 radical (unpaired) electrons. The predicted molar refractivity (Wildman–Crippen MR) is 63.7 cm³/mol. The molecular weight excluding hydrogens is 220 g/mol. The molecule has 2 heterocycles. The third-order valence-corrected chi connectivity index (χ3v) is 3.46. The lowest BCUT2D eigenvalue weighted by Crippen LogP contribution is -2.67. The van der Waals surface area contributed by atoms with Crippen LogP contribution in [0.5, 0.6) is 0 Å². The molecule has 5 heteroatoms. The maximum Gasteiger partial charge on any atom is 0.408 e. The van der Waals surface area contributed by atoms with E-state index in [-0.39, 0.29) is 18.0 Å². The summed E-state index contributed by atoms with van der Waals surface area (Å²) in [6, 6.07) is -0.0557. The van der Waals surface area contributed by atoms with Gasteiger partial charge in [0.15, 0.2) is 0 Å². The average Bonchev–Trinajstić information content (AvgIpc) is 2.21. The summed E-state index contributed by atoms with van der Waals surface area (Å²) in [5.74, 6) is 0.250. The number of rotatable bonds is 1. The van der Waals surface area contributed by atoms with E-state index in [4.69, 9.17) is 4.74 Å². The van der Waals surface area contributed by atoms with Crippen molar-refractivity contribution in [3.8, 4) is 0 Å². The highest BCUT2D eigenvalue weighted by Crippen LogP contribution is 2.29. The number of carbonyl (C=O) groups is 1. The molecule has 3 fully saturated rings. The molecule has 98 valence electrons. The van der Waals surface area contributed by atoms with Crippen LogP contribution in [-0.2, 0) is 4.74 Å². The van der Waals surface area contributed by atoms with Crippen molar-refractivity contribution >= 4 is 6.09 Å². The van der Waals surface area contributed by atoms with Crippen molar-refractivity contribution in [3.63, 3.8) is 0 Å². The van der Waals surface area contributed by atoms with Gasteiger partial charge in [-0.25, -0.2) is 4.79 Å². The van der Waals surface area contributed by atoms with E-state index < -0.39 is 17.8 Å². The average molecular weight is 242 g/mol. The van der Waals surface area contributed by atoms with Crippen LogP contribution in [-0.4, -0.2) is 41.5 Å². The molecule has 2 bridgehead atoms. The zero-order valence-electron chi connectivity index (χ0n) is 10.7. The first-order valence-corrected chi connectivity index (χ1v) is 6.28. The Labute approximate surface area is 102 Å². The van der Waals surface area contributed by atoms with E-state index in [0.717, 1.165) is 19.4 Å². The highest BCUT2D eigenvalue weighted by atomic mass is 16.6. The number of ether oxygens (including phenoxy) is 1. The molecule has 0 spiro atoms. The fourth-order valence-corrected chi connectivity index (χ4v) is 2.66. The van der Waals surface area contributed by atoms with Crippen molar-refractivity contribution < 1.29 is 14.6 Å². The number of hydrogen-bond donors (Lipinski definition) is 3. The van der Waals surface area contributed by atoms with Crippen LogP contribution in [0.4, 0.5) is 4.79 Å². The van der Waals surface area contributed by atoms with Gasteiger partial charge in [0.05, 0.1) is 12.1 Å². The molecule has 1 aliphatic carbocycles. The van der Waals surface area contributed by atoms with Gasteiger partial charge in [0, 0.05) is 12.6 Å². The second-order valence-electron chi connectivity index (χ2n) is 6.01. The van der Waals surface area contributed by atoms with Crippen LogP contribution in [0, 0.1) is 5.92 Å². The van der Waals surface area contributed by atoms with Crippen molar-refractivity contribution in [1.82, 2.24) is 10.6 Å². The Morgan fingerprint density at radius 2 is 2.12 bits per heavy atom. The van der Waals surface area contributed by atoms with Crippen LogP contribution < -0.4 is 10.6 Å². The summed E-state index contributed by atoms with van der Waals surface area (Å²) in [7, 11) is 0. The minimum atomic E-state index is -0.504. The van der Waals surface area contributed by atoms with Gasteiger partial charge < -0.3 is 20.5 Å². The van der Waals surface area contributed by atoms with Crippen LogP contribution in [0.25, 0.3) is 0 Å². The fourth-order valence-electron chi connectivity index (χ4n) is 2.66. The quantitative estimate of drug-likeness (QED) is 0.630. The molecule has 17 heavy (non-hydrogen) atoms. The Morgan fingerprint density at radius 3 is 2.59 bits per heavy atom. The summed E-state index contributed by atoms with van der Waals surface area (Å²) < 4.78 is 5.21. The minimum Gasteiger partial charge on any atom is -0.444 e. The maximum absolute atomic E-state index is 11.7. The predicted octanol–water partition coefficient (Wildman–Crippen LogP) is 0.622. The SMILES string of the molecule is CC(C)(C)OC(=O)N[C@H]1[C@@H](O)[C@H]2CC[C@H]1NC2. The lowest BCUT2D eigenvalue weighted by atomic mass is 9.76. The normalized spacial score (nSPS) is 36.7. The summed E-state index contributed by atoms with van der Waals surface area (Å²) in [6.45, 7) is 6.33. The highest BCUT2D eigenvalue weighted by Gasteiger charge is 2.43. The largest absolute Gasteiger partial charge is 0.444 e. The topological polar surface area (TPSA) is 70.6 Å². The smallest absolute Gasteiger partial charge is 0.408 e. The lowest BCUT2D eigenvalue weighted by Gasteiger charge is -2.46. The Bertz CT molecular complexity index is 291. The fraction of sp³-hybridized carbons (Fsp3) is 0.917. The van der Waals surface area contributed by atoms with Gasteiger partial charge in [0.25, 0.3) is 0 Å². The van der Waals surface area contributed by atoms with Crippen molar-refractivity contribution in [2.24, 2.45) is 5.92 Å². The monoisotopic (exact) mass is 242 g/mol. The van der Waals surface area contributed by atoms with Crippen LogP contribution in [0.1, 0.15) is 33.6 Å². The zero-order chi connectivity index (χ0) is 12.6. The molecule has 0 aromatic carbocycles. The standard InChI is InChI=1S/C12H22N2O3/c1-12(2,3)17-11(16)14-9-8-5-4-7(6-13-8)10(9)15/h7-10,13,15H,4-6H2,1-3H3,(H,14,16)/t7-,8+,9+,10-/m0/s1. The molecule has 3 N–H and O–H groups in total. The number of fused-ring (bicyclic) bond motifs is 3. The van der Waals surface area contributed by atoms with Gasteiger partial charge >= 0.3 is 6.09 Å². The van der Waals surface area contributed by atoms with E-state index >= 15 is 0 Å². The van der Waals surface area contributed by atoms with Crippen molar-refractivity contribution in [3.05, 3.63) is 0 Å². The Balaban J connectivity index is 1.92. The molecule has 2 aliphatic heterocycles. The lowest BCUT2D eigenvalue weighted by molar-refractivity contribution is -0.0176. The molecule has 5 nitrogen and oxygen atoms in total. The van der Waals surface area contributed by atoms with Crippen molar-refractivity contribution in [2.75, 3.05) is 6.54 Å². The number of alkyl carbamates (subject to hydrolysis) is 1. The highest BCUT2D eigenvalue weighted by molar-refractivity contribution is 5.68. The first-order valence-electron chi connectivity index (χ1n) is 6.28. The Morgan fingerprint density at radius 1 is 1.41 bits per heavy atom. The number of aliphatic hydroxyl groups excluding tert-OH is 1. The van der Waals surface area contributed by atoms with Crippen LogP contribution in [0.15, 0.2) is 0 Å². The molecule has 1 saturated carbocycles. The number of carbonyl (C=O) groups excluding carboxylic acids is 1. The summed E-state index contributed by atoms with van der Waals surface area (Å²) in [5.41, 5.74) is -0.504. The molecule has 3 rings (SSSR count). The van der Waals surface area contributed by atoms with E-state index in [1.165, 1.54) is 0 Å². The van der Waals surface area contributed by atoms with Crippen LogP contribution >= 0.6 is 0 Å². The summed E-state index contributed by atoms with van der Waals surface area (Å²) in [6.07, 6.45) is 1.13. The molecule has 4 atom stereocenters.